The second kappa shape index (κ2) is 5.74. The van der Waals surface area contributed by atoms with Gasteiger partial charge in [0.15, 0.2) is 0 Å². The summed E-state index contributed by atoms with van der Waals surface area (Å²) >= 11 is 2.06. The topological polar surface area (TPSA) is 0 Å². The van der Waals surface area contributed by atoms with Crippen LogP contribution in [0.5, 0.6) is 0 Å². The van der Waals surface area contributed by atoms with Gasteiger partial charge in [0.1, 0.15) is 0 Å². The molecule has 0 bridgehead atoms. The van der Waals surface area contributed by atoms with Crippen LogP contribution in [0.3, 0.4) is 0 Å². The summed E-state index contributed by atoms with van der Waals surface area (Å²) in [6.07, 6.45) is 4.57. The van der Waals surface area contributed by atoms with E-state index in [0.717, 1.165) is 5.25 Å². The lowest BCUT2D eigenvalue weighted by Gasteiger charge is -2.32. The van der Waals surface area contributed by atoms with Crippen LogP contribution < -0.4 is 0 Å². The summed E-state index contributed by atoms with van der Waals surface area (Å²) in [6, 6.07) is 0. The second-order valence-electron chi connectivity index (χ2n) is 4.35. The molecule has 1 heteroatoms. The fourth-order valence-corrected chi connectivity index (χ4v) is 2.45. The van der Waals surface area contributed by atoms with Gasteiger partial charge in [-0.2, -0.15) is 11.8 Å². The highest BCUT2D eigenvalue weighted by Crippen LogP contribution is 2.37. The zero-order valence-corrected chi connectivity index (χ0v) is 10.6. The molecule has 13 heavy (non-hydrogen) atoms. The van der Waals surface area contributed by atoms with Gasteiger partial charge in [0.2, 0.25) is 0 Å². The molecule has 0 saturated heterocycles. The molecular weight excluding hydrogens is 176 g/mol. The first-order valence-corrected chi connectivity index (χ1v) is 6.20. The minimum absolute atomic E-state index is 0.385. The SMILES string of the molecule is C=CC(SC(C)CC)C(C)(C)CC. The highest BCUT2D eigenvalue weighted by atomic mass is 32.2. The molecule has 0 aromatic rings. The minimum Gasteiger partial charge on any atom is -0.151 e. The van der Waals surface area contributed by atoms with Crippen LogP contribution in [0.25, 0.3) is 0 Å². The number of hydrogen-bond donors (Lipinski definition) is 0. The van der Waals surface area contributed by atoms with E-state index < -0.39 is 0 Å². The number of thioether (sulfide) groups is 1. The second-order valence-corrected chi connectivity index (χ2v) is 5.94. The van der Waals surface area contributed by atoms with E-state index in [1.165, 1.54) is 12.8 Å². The van der Waals surface area contributed by atoms with Crippen molar-refractivity contribution in [3.05, 3.63) is 12.7 Å². The van der Waals surface area contributed by atoms with E-state index in [1.807, 2.05) is 0 Å². The molecule has 0 aliphatic heterocycles. The van der Waals surface area contributed by atoms with Crippen LogP contribution in [-0.4, -0.2) is 10.5 Å². The van der Waals surface area contributed by atoms with Crippen LogP contribution in [0.4, 0.5) is 0 Å². The van der Waals surface area contributed by atoms with E-state index in [2.05, 4.69) is 59.0 Å². The standard InChI is InChI=1S/C12H24S/c1-7-10(4)13-11(8-2)12(5,6)9-3/h8,10-11H,2,7,9H2,1,3-6H3. The molecule has 0 radical (unpaired) electrons. The van der Waals surface area contributed by atoms with Gasteiger partial charge >= 0.3 is 0 Å². The van der Waals surface area contributed by atoms with Crippen molar-refractivity contribution >= 4 is 11.8 Å². The monoisotopic (exact) mass is 200 g/mol. The molecule has 0 spiro atoms. The number of rotatable bonds is 6. The molecule has 0 aliphatic rings. The van der Waals surface area contributed by atoms with Gasteiger partial charge in [-0.25, -0.2) is 0 Å². The molecule has 0 saturated carbocycles. The molecule has 0 heterocycles. The maximum absolute atomic E-state index is 3.94. The van der Waals surface area contributed by atoms with E-state index in [-0.39, 0.29) is 0 Å². The van der Waals surface area contributed by atoms with Crippen LogP contribution in [0.15, 0.2) is 12.7 Å². The third kappa shape index (κ3) is 4.21. The van der Waals surface area contributed by atoms with Crippen molar-refractivity contribution in [3.63, 3.8) is 0 Å². The predicted octanol–water partition coefficient (Wildman–Crippen LogP) is 4.51. The third-order valence-corrected chi connectivity index (χ3v) is 4.77. The highest BCUT2D eigenvalue weighted by molar-refractivity contribution is 8.00. The lowest BCUT2D eigenvalue weighted by molar-refractivity contribution is 0.367. The molecule has 0 aromatic heterocycles. The van der Waals surface area contributed by atoms with Gasteiger partial charge in [-0.15, -0.1) is 6.58 Å². The Labute approximate surface area is 88.2 Å². The molecule has 0 nitrogen and oxygen atoms in total. The Bertz CT molecular complexity index is 149. The lowest BCUT2D eigenvalue weighted by Crippen LogP contribution is -2.25. The lowest BCUT2D eigenvalue weighted by atomic mass is 9.86. The first kappa shape index (κ1) is 13.1. The van der Waals surface area contributed by atoms with Crippen LogP contribution >= 0.6 is 11.8 Å². The largest absolute Gasteiger partial charge is 0.151 e. The molecule has 2 unspecified atom stereocenters. The zero-order valence-electron chi connectivity index (χ0n) is 9.76. The fraction of sp³-hybridized carbons (Fsp3) is 0.833. The van der Waals surface area contributed by atoms with Crippen LogP contribution in [0, 0.1) is 5.41 Å². The molecular formula is C12H24S. The molecule has 0 amide bonds. The Kier molecular flexibility index (Phi) is 5.78. The Morgan fingerprint density at radius 2 is 1.92 bits per heavy atom. The molecule has 0 rings (SSSR count). The molecule has 0 fully saturated rings. The molecule has 0 N–H and O–H groups in total. The average Bonchev–Trinajstić information content (AvgIpc) is 2.13. The minimum atomic E-state index is 0.385. The quantitative estimate of drug-likeness (QED) is 0.569. The van der Waals surface area contributed by atoms with E-state index >= 15 is 0 Å². The highest BCUT2D eigenvalue weighted by Gasteiger charge is 2.26. The summed E-state index contributed by atoms with van der Waals surface area (Å²) in [5.74, 6) is 0. The Morgan fingerprint density at radius 1 is 1.38 bits per heavy atom. The van der Waals surface area contributed by atoms with Crippen molar-refractivity contribution in [2.45, 2.75) is 58.0 Å². The summed E-state index contributed by atoms with van der Waals surface area (Å²) in [6.45, 7) is 15.4. The van der Waals surface area contributed by atoms with Crippen molar-refractivity contribution in [3.8, 4) is 0 Å². The summed E-state index contributed by atoms with van der Waals surface area (Å²) < 4.78 is 0. The maximum atomic E-state index is 3.94. The van der Waals surface area contributed by atoms with E-state index in [1.54, 1.807) is 0 Å². The van der Waals surface area contributed by atoms with Gasteiger partial charge in [-0.05, 0) is 18.3 Å². The first-order chi connectivity index (χ1) is 5.97. The zero-order chi connectivity index (χ0) is 10.5. The third-order valence-electron chi connectivity index (χ3n) is 2.85. The van der Waals surface area contributed by atoms with Gasteiger partial charge in [0.05, 0.1) is 0 Å². The summed E-state index contributed by atoms with van der Waals surface area (Å²) in [5, 5.41) is 1.33. The van der Waals surface area contributed by atoms with Gasteiger partial charge in [-0.3, -0.25) is 0 Å². The van der Waals surface area contributed by atoms with Crippen LogP contribution in [-0.2, 0) is 0 Å². The maximum Gasteiger partial charge on any atom is 0.0278 e. The summed E-state index contributed by atoms with van der Waals surface area (Å²) in [7, 11) is 0. The predicted molar refractivity (Wildman–Crippen MR) is 65.4 cm³/mol. The summed E-state index contributed by atoms with van der Waals surface area (Å²) in [4.78, 5) is 0. The molecule has 0 aromatic carbocycles. The van der Waals surface area contributed by atoms with Crippen LogP contribution in [0.2, 0.25) is 0 Å². The van der Waals surface area contributed by atoms with Gasteiger partial charge < -0.3 is 0 Å². The van der Waals surface area contributed by atoms with E-state index in [0.29, 0.717) is 10.7 Å². The Hall–Kier alpha value is 0.0900. The van der Waals surface area contributed by atoms with E-state index in [9.17, 15) is 0 Å². The van der Waals surface area contributed by atoms with Crippen molar-refractivity contribution in [1.29, 1.82) is 0 Å². The molecule has 0 aliphatic carbocycles. The van der Waals surface area contributed by atoms with Crippen molar-refractivity contribution in [2.75, 3.05) is 0 Å². The van der Waals surface area contributed by atoms with Crippen molar-refractivity contribution < 1.29 is 0 Å². The first-order valence-electron chi connectivity index (χ1n) is 5.26. The summed E-state index contributed by atoms with van der Waals surface area (Å²) in [5.41, 5.74) is 0.385. The molecule has 2 atom stereocenters. The van der Waals surface area contributed by atoms with Gasteiger partial charge in [0.25, 0.3) is 0 Å². The normalized spacial score (nSPS) is 16.7. The van der Waals surface area contributed by atoms with E-state index in [4.69, 9.17) is 0 Å². The number of hydrogen-bond acceptors (Lipinski definition) is 1. The molecule has 78 valence electrons. The van der Waals surface area contributed by atoms with Gasteiger partial charge in [-0.1, -0.05) is 40.7 Å². The fourth-order valence-electron chi connectivity index (χ4n) is 1.11. The van der Waals surface area contributed by atoms with Crippen molar-refractivity contribution in [1.82, 2.24) is 0 Å². The van der Waals surface area contributed by atoms with Gasteiger partial charge in [0, 0.05) is 10.5 Å². The Balaban J connectivity index is 4.25. The Morgan fingerprint density at radius 3 is 2.23 bits per heavy atom. The average molecular weight is 200 g/mol. The van der Waals surface area contributed by atoms with Crippen molar-refractivity contribution in [2.24, 2.45) is 5.41 Å². The van der Waals surface area contributed by atoms with Crippen LogP contribution in [0.1, 0.15) is 47.5 Å². The smallest absolute Gasteiger partial charge is 0.0278 e.